The molecule has 0 radical (unpaired) electrons. The van der Waals surface area contributed by atoms with E-state index in [0.717, 1.165) is 45.6 Å². The summed E-state index contributed by atoms with van der Waals surface area (Å²) in [7, 11) is 5.85. The van der Waals surface area contributed by atoms with Crippen LogP contribution in [0.15, 0.2) is 0 Å². The fourth-order valence-corrected chi connectivity index (χ4v) is 3.72. The lowest BCUT2D eigenvalue weighted by Crippen LogP contribution is -2.51. The number of ether oxygens (including phenoxy) is 1. The maximum atomic E-state index is 13.0. The van der Waals surface area contributed by atoms with Crippen molar-refractivity contribution >= 4 is 5.91 Å². The summed E-state index contributed by atoms with van der Waals surface area (Å²) in [6.07, 6.45) is 4.18. The second-order valence-corrected chi connectivity index (χ2v) is 6.90. The Balaban J connectivity index is 1.92. The number of piperidine rings is 2. The van der Waals surface area contributed by atoms with Crippen molar-refractivity contribution in [1.29, 1.82) is 0 Å². The van der Waals surface area contributed by atoms with Crippen LogP contribution >= 0.6 is 0 Å². The monoisotopic (exact) mass is 297 g/mol. The highest BCUT2D eigenvalue weighted by atomic mass is 16.5. The molecule has 0 aromatic carbocycles. The van der Waals surface area contributed by atoms with Crippen LogP contribution < -0.4 is 5.32 Å². The smallest absolute Gasteiger partial charge is 0.230 e. The third-order valence-electron chi connectivity index (χ3n) is 5.15. The molecule has 21 heavy (non-hydrogen) atoms. The molecule has 0 aliphatic carbocycles. The average molecular weight is 297 g/mol. The lowest BCUT2D eigenvalue weighted by Gasteiger charge is -2.40. The summed E-state index contributed by atoms with van der Waals surface area (Å²) in [5.74, 6) is 0.932. The number of methoxy groups -OCH3 is 1. The molecule has 0 saturated carbocycles. The van der Waals surface area contributed by atoms with Crippen molar-refractivity contribution in [3.05, 3.63) is 0 Å². The lowest BCUT2D eigenvalue weighted by atomic mass is 9.78. The van der Waals surface area contributed by atoms with Gasteiger partial charge in [0.15, 0.2) is 0 Å². The normalized spacial score (nSPS) is 24.0. The van der Waals surface area contributed by atoms with Crippen molar-refractivity contribution in [2.24, 2.45) is 11.3 Å². The Morgan fingerprint density at radius 3 is 2.52 bits per heavy atom. The van der Waals surface area contributed by atoms with Crippen LogP contribution in [0.3, 0.4) is 0 Å². The van der Waals surface area contributed by atoms with Crippen LogP contribution in [0.1, 0.15) is 25.7 Å². The van der Waals surface area contributed by atoms with Crippen molar-refractivity contribution in [3.63, 3.8) is 0 Å². The first-order chi connectivity index (χ1) is 10.1. The van der Waals surface area contributed by atoms with Gasteiger partial charge in [-0.15, -0.1) is 0 Å². The van der Waals surface area contributed by atoms with Gasteiger partial charge in [0.05, 0.1) is 12.0 Å². The van der Waals surface area contributed by atoms with Gasteiger partial charge in [-0.2, -0.15) is 0 Å². The van der Waals surface area contributed by atoms with Crippen molar-refractivity contribution in [2.75, 3.05) is 60.5 Å². The van der Waals surface area contributed by atoms with Crippen LogP contribution in [0.5, 0.6) is 0 Å². The quantitative estimate of drug-likeness (QED) is 0.815. The number of hydrogen-bond donors (Lipinski definition) is 1. The Hall–Kier alpha value is -0.650. The van der Waals surface area contributed by atoms with Gasteiger partial charge in [-0.1, -0.05) is 0 Å². The average Bonchev–Trinajstić information content (AvgIpc) is 2.50. The van der Waals surface area contributed by atoms with E-state index in [0.29, 0.717) is 12.5 Å². The van der Waals surface area contributed by atoms with E-state index in [4.69, 9.17) is 4.74 Å². The number of carbonyl (C=O) groups excluding carboxylic acids is 1. The maximum Gasteiger partial charge on any atom is 0.230 e. The Morgan fingerprint density at radius 2 is 1.95 bits per heavy atom. The predicted octanol–water partition coefficient (Wildman–Crippen LogP) is 0.803. The van der Waals surface area contributed by atoms with Crippen LogP contribution in [-0.2, 0) is 9.53 Å². The van der Waals surface area contributed by atoms with E-state index < -0.39 is 0 Å². The summed E-state index contributed by atoms with van der Waals surface area (Å²) in [5, 5.41) is 3.35. The molecule has 2 saturated heterocycles. The van der Waals surface area contributed by atoms with E-state index in [9.17, 15) is 4.79 Å². The van der Waals surface area contributed by atoms with E-state index in [2.05, 4.69) is 17.3 Å². The second kappa shape index (κ2) is 7.56. The minimum Gasteiger partial charge on any atom is -0.384 e. The summed E-state index contributed by atoms with van der Waals surface area (Å²) in [4.78, 5) is 17.3. The van der Waals surface area contributed by atoms with E-state index >= 15 is 0 Å². The minimum atomic E-state index is -0.305. The molecule has 0 spiro atoms. The van der Waals surface area contributed by atoms with Crippen LogP contribution in [0.4, 0.5) is 0 Å². The van der Waals surface area contributed by atoms with Gasteiger partial charge >= 0.3 is 0 Å². The van der Waals surface area contributed by atoms with Crippen molar-refractivity contribution in [3.8, 4) is 0 Å². The van der Waals surface area contributed by atoms with Gasteiger partial charge in [0.25, 0.3) is 0 Å². The number of carbonyl (C=O) groups is 1. The van der Waals surface area contributed by atoms with Crippen LogP contribution in [-0.4, -0.2) is 76.2 Å². The van der Waals surface area contributed by atoms with E-state index in [1.54, 1.807) is 7.11 Å². The molecule has 122 valence electrons. The second-order valence-electron chi connectivity index (χ2n) is 6.90. The SMILES string of the molecule is COCC1(C(=O)N(C)CC2CCN(C)CC2)CCNCC1. The number of nitrogens with one attached hydrogen (secondary N) is 1. The van der Waals surface area contributed by atoms with Gasteiger partial charge in [0, 0.05) is 20.7 Å². The van der Waals surface area contributed by atoms with Gasteiger partial charge in [-0.3, -0.25) is 4.79 Å². The first-order valence-electron chi connectivity index (χ1n) is 8.21. The molecule has 0 atom stereocenters. The zero-order valence-electron chi connectivity index (χ0n) is 13.9. The van der Waals surface area contributed by atoms with Crippen molar-refractivity contribution in [2.45, 2.75) is 25.7 Å². The molecule has 2 aliphatic heterocycles. The topological polar surface area (TPSA) is 44.8 Å². The molecule has 5 heteroatoms. The Bertz CT molecular complexity index is 329. The Kier molecular flexibility index (Phi) is 6.02. The summed E-state index contributed by atoms with van der Waals surface area (Å²) in [6.45, 7) is 5.57. The number of hydrogen-bond acceptors (Lipinski definition) is 4. The molecular formula is C16H31N3O2. The zero-order chi connectivity index (χ0) is 15.3. The molecule has 2 heterocycles. The molecule has 0 aromatic heterocycles. The highest BCUT2D eigenvalue weighted by Crippen LogP contribution is 2.32. The van der Waals surface area contributed by atoms with Gasteiger partial charge < -0.3 is 19.9 Å². The molecule has 2 rings (SSSR count). The standard InChI is InChI=1S/C16H31N3O2/c1-18-10-4-14(5-11-18)12-19(2)15(20)16(13-21-3)6-8-17-9-7-16/h14,17H,4-13H2,1-3H3. The predicted molar refractivity (Wildman–Crippen MR) is 84.3 cm³/mol. The lowest BCUT2D eigenvalue weighted by molar-refractivity contribution is -0.147. The van der Waals surface area contributed by atoms with Crippen LogP contribution in [0, 0.1) is 11.3 Å². The molecule has 5 nitrogen and oxygen atoms in total. The number of rotatable bonds is 5. The van der Waals surface area contributed by atoms with Gasteiger partial charge in [-0.25, -0.2) is 0 Å². The Morgan fingerprint density at radius 1 is 1.33 bits per heavy atom. The van der Waals surface area contributed by atoms with E-state index in [-0.39, 0.29) is 11.3 Å². The minimum absolute atomic E-state index is 0.282. The first-order valence-corrected chi connectivity index (χ1v) is 8.21. The molecule has 0 bridgehead atoms. The van der Waals surface area contributed by atoms with Crippen molar-refractivity contribution < 1.29 is 9.53 Å². The van der Waals surface area contributed by atoms with Gasteiger partial charge in [0.2, 0.25) is 5.91 Å². The maximum absolute atomic E-state index is 13.0. The highest BCUT2D eigenvalue weighted by Gasteiger charge is 2.41. The van der Waals surface area contributed by atoms with E-state index in [1.807, 2.05) is 11.9 Å². The number of nitrogens with zero attached hydrogens (tertiary/aromatic N) is 2. The third-order valence-corrected chi connectivity index (χ3v) is 5.15. The largest absolute Gasteiger partial charge is 0.384 e. The summed E-state index contributed by atoms with van der Waals surface area (Å²) >= 11 is 0. The highest BCUT2D eigenvalue weighted by molar-refractivity contribution is 5.83. The molecule has 2 aliphatic rings. The molecule has 1 N–H and O–H groups in total. The molecule has 0 unspecified atom stereocenters. The fraction of sp³-hybridized carbons (Fsp3) is 0.938. The molecule has 1 amide bonds. The van der Waals surface area contributed by atoms with Crippen molar-refractivity contribution in [1.82, 2.24) is 15.1 Å². The number of amides is 1. The molecular weight excluding hydrogens is 266 g/mol. The molecule has 0 aromatic rings. The molecule has 2 fully saturated rings. The number of likely N-dealkylation sites (tertiary alicyclic amines) is 1. The Labute approximate surface area is 129 Å². The summed E-state index contributed by atoms with van der Waals surface area (Å²) in [5.41, 5.74) is -0.305. The third kappa shape index (κ3) is 4.18. The van der Waals surface area contributed by atoms with Gasteiger partial charge in [-0.05, 0) is 64.8 Å². The van der Waals surface area contributed by atoms with Gasteiger partial charge in [0.1, 0.15) is 0 Å². The first kappa shape index (κ1) is 16.7. The summed E-state index contributed by atoms with van der Waals surface area (Å²) < 4.78 is 5.38. The zero-order valence-corrected chi connectivity index (χ0v) is 13.9. The van der Waals surface area contributed by atoms with Crippen LogP contribution in [0.2, 0.25) is 0 Å². The summed E-state index contributed by atoms with van der Waals surface area (Å²) in [6, 6.07) is 0. The van der Waals surface area contributed by atoms with Crippen LogP contribution in [0.25, 0.3) is 0 Å². The van der Waals surface area contributed by atoms with E-state index in [1.165, 1.54) is 12.8 Å². The fourth-order valence-electron chi connectivity index (χ4n) is 3.72.